The SMILES string of the molecule is CC(C)(F)C[C@H](CO)NC(=O)OC(C)(C)C. The van der Waals surface area contributed by atoms with Crippen LogP contribution in [-0.2, 0) is 4.74 Å². The highest BCUT2D eigenvalue weighted by Gasteiger charge is 2.25. The van der Waals surface area contributed by atoms with Crippen molar-refractivity contribution in [1.82, 2.24) is 5.32 Å². The number of carbonyl (C=O) groups is 1. The second kappa shape index (κ2) is 5.48. The van der Waals surface area contributed by atoms with Crippen molar-refractivity contribution in [2.45, 2.75) is 58.4 Å². The molecule has 0 rings (SSSR count). The van der Waals surface area contributed by atoms with Gasteiger partial charge < -0.3 is 15.2 Å². The van der Waals surface area contributed by atoms with Gasteiger partial charge in [-0.15, -0.1) is 0 Å². The fourth-order valence-electron chi connectivity index (χ4n) is 1.22. The number of nitrogens with one attached hydrogen (secondary N) is 1. The molecule has 0 aromatic rings. The average molecular weight is 235 g/mol. The lowest BCUT2D eigenvalue weighted by Gasteiger charge is -2.25. The van der Waals surface area contributed by atoms with Crippen LogP contribution in [0, 0.1) is 0 Å². The summed E-state index contributed by atoms with van der Waals surface area (Å²) in [5, 5.41) is 11.4. The fraction of sp³-hybridized carbons (Fsp3) is 0.909. The number of amides is 1. The Morgan fingerprint density at radius 2 is 1.88 bits per heavy atom. The van der Waals surface area contributed by atoms with Gasteiger partial charge in [0.2, 0.25) is 0 Å². The molecule has 0 saturated heterocycles. The molecule has 96 valence electrons. The summed E-state index contributed by atoms with van der Waals surface area (Å²) in [7, 11) is 0. The van der Waals surface area contributed by atoms with Crippen molar-refractivity contribution in [3.05, 3.63) is 0 Å². The Kier molecular flexibility index (Phi) is 5.19. The molecule has 16 heavy (non-hydrogen) atoms. The van der Waals surface area contributed by atoms with Crippen molar-refractivity contribution in [2.24, 2.45) is 0 Å². The van der Waals surface area contributed by atoms with Crippen LogP contribution in [0.4, 0.5) is 9.18 Å². The molecule has 0 aromatic carbocycles. The zero-order chi connectivity index (χ0) is 13.0. The largest absolute Gasteiger partial charge is 0.444 e. The summed E-state index contributed by atoms with van der Waals surface area (Å²) in [5.41, 5.74) is -2.04. The number of ether oxygens (including phenoxy) is 1. The maximum atomic E-state index is 13.3. The quantitative estimate of drug-likeness (QED) is 0.783. The van der Waals surface area contributed by atoms with Crippen molar-refractivity contribution in [1.29, 1.82) is 0 Å². The normalized spacial score (nSPS) is 14.4. The monoisotopic (exact) mass is 235 g/mol. The van der Waals surface area contributed by atoms with E-state index < -0.39 is 23.4 Å². The number of hydrogen-bond acceptors (Lipinski definition) is 3. The topological polar surface area (TPSA) is 58.6 Å². The van der Waals surface area contributed by atoms with Crippen LogP contribution in [0.3, 0.4) is 0 Å². The first-order valence-corrected chi connectivity index (χ1v) is 5.33. The van der Waals surface area contributed by atoms with Crippen molar-refractivity contribution >= 4 is 6.09 Å². The van der Waals surface area contributed by atoms with E-state index in [4.69, 9.17) is 9.84 Å². The van der Waals surface area contributed by atoms with Gasteiger partial charge in [0.1, 0.15) is 11.3 Å². The van der Waals surface area contributed by atoms with Crippen LogP contribution in [0.15, 0.2) is 0 Å². The summed E-state index contributed by atoms with van der Waals surface area (Å²) in [4.78, 5) is 11.3. The molecule has 0 unspecified atom stereocenters. The summed E-state index contributed by atoms with van der Waals surface area (Å²) < 4.78 is 18.3. The van der Waals surface area contributed by atoms with Gasteiger partial charge in [-0.05, 0) is 34.6 Å². The molecule has 0 saturated carbocycles. The lowest BCUT2D eigenvalue weighted by molar-refractivity contribution is 0.0451. The third-order valence-corrected chi connectivity index (χ3v) is 1.67. The van der Waals surface area contributed by atoms with E-state index in [-0.39, 0.29) is 13.0 Å². The Labute approximate surface area is 96.2 Å². The van der Waals surface area contributed by atoms with Crippen molar-refractivity contribution < 1.29 is 19.0 Å². The molecule has 0 bridgehead atoms. The molecule has 4 nitrogen and oxygen atoms in total. The maximum absolute atomic E-state index is 13.3. The third-order valence-electron chi connectivity index (χ3n) is 1.67. The van der Waals surface area contributed by atoms with Gasteiger partial charge in [0.25, 0.3) is 0 Å². The summed E-state index contributed by atoms with van der Waals surface area (Å²) in [5.74, 6) is 0. The number of carbonyl (C=O) groups excluding carboxylic acids is 1. The van der Waals surface area contributed by atoms with E-state index in [0.717, 1.165) is 0 Å². The Hall–Kier alpha value is -0.840. The van der Waals surface area contributed by atoms with E-state index >= 15 is 0 Å². The molecular formula is C11H22FNO3. The molecule has 2 N–H and O–H groups in total. The van der Waals surface area contributed by atoms with Gasteiger partial charge in [0, 0.05) is 6.42 Å². The van der Waals surface area contributed by atoms with Gasteiger partial charge in [-0.2, -0.15) is 0 Å². The molecule has 0 aliphatic rings. The van der Waals surface area contributed by atoms with Crippen molar-refractivity contribution in [2.75, 3.05) is 6.61 Å². The fourth-order valence-corrected chi connectivity index (χ4v) is 1.22. The molecule has 0 aliphatic carbocycles. The summed E-state index contributed by atoms with van der Waals surface area (Å²) in [6.45, 7) is 7.68. The highest BCUT2D eigenvalue weighted by molar-refractivity contribution is 5.68. The summed E-state index contributed by atoms with van der Waals surface area (Å²) in [6, 6.07) is -0.630. The molecule has 1 atom stereocenters. The van der Waals surface area contributed by atoms with Crippen LogP contribution >= 0.6 is 0 Å². The van der Waals surface area contributed by atoms with Gasteiger partial charge in [0.15, 0.2) is 0 Å². The first kappa shape index (κ1) is 15.2. The highest BCUT2D eigenvalue weighted by atomic mass is 19.1. The number of alkyl halides is 1. The van der Waals surface area contributed by atoms with Gasteiger partial charge in [0.05, 0.1) is 12.6 Å². The third kappa shape index (κ3) is 8.47. The first-order chi connectivity index (χ1) is 7.03. The standard InChI is InChI=1S/C11H22FNO3/c1-10(2,3)16-9(15)13-8(7-14)6-11(4,5)12/h8,14H,6-7H2,1-5H3,(H,13,15)/t8-/m1/s1. The van der Waals surface area contributed by atoms with Gasteiger partial charge in [-0.3, -0.25) is 0 Å². The number of aliphatic hydroxyl groups is 1. The summed E-state index contributed by atoms with van der Waals surface area (Å²) >= 11 is 0. The van der Waals surface area contributed by atoms with E-state index in [2.05, 4.69) is 5.32 Å². The molecule has 0 spiro atoms. The molecule has 0 aliphatic heterocycles. The average Bonchev–Trinajstić information content (AvgIpc) is 1.96. The number of aliphatic hydroxyl groups excluding tert-OH is 1. The predicted molar refractivity (Wildman–Crippen MR) is 60.0 cm³/mol. The lowest BCUT2D eigenvalue weighted by atomic mass is 10.0. The second-order valence-electron chi connectivity index (χ2n) is 5.45. The minimum atomic E-state index is -1.44. The minimum absolute atomic E-state index is 0.0444. The van der Waals surface area contributed by atoms with Gasteiger partial charge in [-0.1, -0.05) is 0 Å². The lowest BCUT2D eigenvalue weighted by Crippen LogP contribution is -2.43. The van der Waals surface area contributed by atoms with E-state index in [1.165, 1.54) is 13.8 Å². The molecule has 5 heteroatoms. The minimum Gasteiger partial charge on any atom is -0.444 e. The van der Waals surface area contributed by atoms with E-state index in [0.29, 0.717) is 0 Å². The zero-order valence-corrected chi connectivity index (χ0v) is 10.6. The maximum Gasteiger partial charge on any atom is 0.407 e. The smallest absolute Gasteiger partial charge is 0.407 e. The first-order valence-electron chi connectivity index (χ1n) is 5.33. The van der Waals surface area contributed by atoms with Crippen molar-refractivity contribution in [3.63, 3.8) is 0 Å². The Morgan fingerprint density at radius 1 is 1.38 bits per heavy atom. The predicted octanol–water partition coefficient (Wildman–Crippen LogP) is 2.01. The molecule has 0 fully saturated rings. The second-order valence-corrected chi connectivity index (χ2v) is 5.45. The number of halogens is 1. The van der Waals surface area contributed by atoms with Gasteiger partial charge in [-0.25, -0.2) is 9.18 Å². The zero-order valence-electron chi connectivity index (χ0n) is 10.6. The molecular weight excluding hydrogens is 213 g/mol. The van der Waals surface area contributed by atoms with E-state index in [1.54, 1.807) is 20.8 Å². The number of rotatable bonds is 4. The van der Waals surface area contributed by atoms with Crippen LogP contribution in [0.5, 0.6) is 0 Å². The Bertz CT molecular complexity index is 230. The summed E-state index contributed by atoms with van der Waals surface area (Å²) in [6.07, 6.45) is -0.598. The van der Waals surface area contributed by atoms with Crippen LogP contribution in [-0.4, -0.2) is 35.1 Å². The molecule has 0 aromatic heterocycles. The van der Waals surface area contributed by atoms with E-state index in [1.807, 2.05) is 0 Å². The van der Waals surface area contributed by atoms with Crippen LogP contribution in [0.1, 0.15) is 41.0 Å². The van der Waals surface area contributed by atoms with Crippen LogP contribution in [0.25, 0.3) is 0 Å². The van der Waals surface area contributed by atoms with Gasteiger partial charge >= 0.3 is 6.09 Å². The number of alkyl carbamates (subject to hydrolysis) is 1. The Balaban J connectivity index is 4.18. The highest BCUT2D eigenvalue weighted by Crippen LogP contribution is 2.16. The Morgan fingerprint density at radius 3 is 2.19 bits per heavy atom. The van der Waals surface area contributed by atoms with E-state index in [9.17, 15) is 9.18 Å². The van der Waals surface area contributed by atoms with Crippen LogP contribution in [0.2, 0.25) is 0 Å². The number of hydrogen-bond donors (Lipinski definition) is 2. The molecule has 0 radical (unpaired) electrons. The molecule has 1 amide bonds. The van der Waals surface area contributed by atoms with Crippen LogP contribution < -0.4 is 5.32 Å². The molecule has 0 heterocycles. The van der Waals surface area contributed by atoms with Crippen molar-refractivity contribution in [3.8, 4) is 0 Å².